The average Bonchev–Trinajstić information content (AvgIpc) is 2.13. The molecule has 2 amide bonds. The fourth-order valence-electron chi connectivity index (χ4n) is 1.84. The van der Waals surface area contributed by atoms with Gasteiger partial charge in [0, 0.05) is 12.6 Å². The van der Waals surface area contributed by atoms with Gasteiger partial charge >= 0.3 is 6.03 Å². The third-order valence-electron chi connectivity index (χ3n) is 2.43. The van der Waals surface area contributed by atoms with Crippen LogP contribution in [0.3, 0.4) is 0 Å². The Labute approximate surface area is 87.6 Å². The maximum atomic E-state index is 11.2. The molecule has 2 N–H and O–H groups in total. The zero-order valence-corrected chi connectivity index (χ0v) is 9.75. The normalized spacial score (nSPS) is 10.6. The van der Waals surface area contributed by atoms with Crippen LogP contribution in [0.4, 0.5) is 4.79 Å². The molecule has 0 heterocycles. The van der Waals surface area contributed by atoms with Crippen LogP contribution in [0.25, 0.3) is 0 Å². The van der Waals surface area contributed by atoms with E-state index in [9.17, 15) is 4.79 Å². The van der Waals surface area contributed by atoms with Gasteiger partial charge in [-0.05, 0) is 19.3 Å². The van der Waals surface area contributed by atoms with Crippen molar-refractivity contribution < 1.29 is 4.79 Å². The molecule has 0 aromatic carbocycles. The molecule has 3 nitrogen and oxygen atoms in total. The first-order valence-electron chi connectivity index (χ1n) is 5.73. The minimum absolute atomic E-state index is 0.265. The van der Waals surface area contributed by atoms with E-state index in [1.54, 1.807) is 0 Å². The van der Waals surface area contributed by atoms with E-state index >= 15 is 0 Å². The second-order valence-corrected chi connectivity index (χ2v) is 3.76. The number of amides is 2. The molecule has 0 saturated heterocycles. The molecule has 0 saturated carbocycles. The van der Waals surface area contributed by atoms with E-state index in [1.807, 2.05) is 4.90 Å². The summed E-state index contributed by atoms with van der Waals surface area (Å²) in [5.41, 5.74) is 5.37. The molecule has 14 heavy (non-hydrogen) atoms. The summed E-state index contributed by atoms with van der Waals surface area (Å²) in [6, 6.07) is 0.0844. The Morgan fingerprint density at radius 1 is 1.14 bits per heavy atom. The molecule has 84 valence electrons. The lowest BCUT2D eigenvalue weighted by Gasteiger charge is -2.29. The van der Waals surface area contributed by atoms with Crippen LogP contribution in [0.15, 0.2) is 0 Å². The van der Waals surface area contributed by atoms with Crippen molar-refractivity contribution in [2.75, 3.05) is 6.54 Å². The van der Waals surface area contributed by atoms with Crippen LogP contribution in [-0.4, -0.2) is 23.5 Å². The van der Waals surface area contributed by atoms with Crippen molar-refractivity contribution in [3.8, 4) is 0 Å². The summed E-state index contributed by atoms with van der Waals surface area (Å²) in [4.78, 5) is 13.1. The van der Waals surface area contributed by atoms with Crippen LogP contribution < -0.4 is 5.73 Å². The van der Waals surface area contributed by atoms with Crippen molar-refractivity contribution in [1.29, 1.82) is 0 Å². The van der Waals surface area contributed by atoms with E-state index in [-0.39, 0.29) is 6.03 Å². The number of nitrogens with zero attached hydrogens (tertiary/aromatic N) is 1. The Bertz CT molecular complexity index is 153. The van der Waals surface area contributed by atoms with Gasteiger partial charge in [-0.1, -0.05) is 33.6 Å². The standard InChI is InChI=1S/C11H24N2O/c1-4-7-10(8-5-2)13(9-6-3)11(12)14/h10H,4-9H2,1-3H3,(H2,12,14). The zero-order chi connectivity index (χ0) is 11.0. The van der Waals surface area contributed by atoms with Gasteiger partial charge in [0.1, 0.15) is 0 Å². The van der Waals surface area contributed by atoms with Crippen LogP contribution in [0.5, 0.6) is 0 Å². The highest BCUT2D eigenvalue weighted by molar-refractivity contribution is 5.72. The van der Waals surface area contributed by atoms with Crippen molar-refractivity contribution in [2.24, 2.45) is 5.73 Å². The van der Waals surface area contributed by atoms with Gasteiger partial charge in [-0.3, -0.25) is 0 Å². The highest BCUT2D eigenvalue weighted by Crippen LogP contribution is 2.13. The number of carbonyl (C=O) groups is 1. The first-order chi connectivity index (χ1) is 6.67. The molecule has 0 radical (unpaired) electrons. The molecule has 0 fully saturated rings. The molecule has 0 atom stereocenters. The minimum Gasteiger partial charge on any atom is -0.351 e. The third kappa shape index (κ3) is 4.49. The van der Waals surface area contributed by atoms with Gasteiger partial charge in [-0.2, -0.15) is 0 Å². The molecule has 0 aliphatic heterocycles. The van der Waals surface area contributed by atoms with Crippen molar-refractivity contribution in [2.45, 2.75) is 58.9 Å². The summed E-state index contributed by atoms with van der Waals surface area (Å²) in [5, 5.41) is 0. The lowest BCUT2D eigenvalue weighted by atomic mass is 10.1. The molecule has 0 spiro atoms. The van der Waals surface area contributed by atoms with Crippen molar-refractivity contribution in [3.05, 3.63) is 0 Å². The van der Waals surface area contributed by atoms with Crippen molar-refractivity contribution in [3.63, 3.8) is 0 Å². The lowest BCUT2D eigenvalue weighted by Crippen LogP contribution is -2.44. The summed E-state index contributed by atoms with van der Waals surface area (Å²) in [5.74, 6) is 0. The number of primary amides is 1. The van der Waals surface area contributed by atoms with Crippen molar-refractivity contribution >= 4 is 6.03 Å². The van der Waals surface area contributed by atoms with Gasteiger partial charge in [0.15, 0.2) is 0 Å². The molecule has 0 bridgehead atoms. The largest absolute Gasteiger partial charge is 0.351 e. The molecule has 0 unspecified atom stereocenters. The fourth-order valence-corrected chi connectivity index (χ4v) is 1.84. The molecule has 0 rings (SSSR count). The lowest BCUT2D eigenvalue weighted by molar-refractivity contribution is 0.174. The van der Waals surface area contributed by atoms with E-state index in [4.69, 9.17) is 5.73 Å². The average molecular weight is 200 g/mol. The SMILES string of the molecule is CCCC(CCC)N(CCC)C(N)=O. The van der Waals surface area contributed by atoms with E-state index in [0.717, 1.165) is 38.6 Å². The summed E-state index contributed by atoms with van der Waals surface area (Å²) < 4.78 is 0. The first kappa shape index (κ1) is 13.3. The van der Waals surface area contributed by atoms with Gasteiger partial charge in [0.2, 0.25) is 0 Å². The highest BCUT2D eigenvalue weighted by atomic mass is 16.2. The summed E-state index contributed by atoms with van der Waals surface area (Å²) >= 11 is 0. The van der Waals surface area contributed by atoms with E-state index in [0.29, 0.717) is 6.04 Å². The van der Waals surface area contributed by atoms with Crippen LogP contribution >= 0.6 is 0 Å². The number of hydrogen-bond acceptors (Lipinski definition) is 1. The molecule has 0 aromatic rings. The quantitative estimate of drug-likeness (QED) is 0.675. The molecular weight excluding hydrogens is 176 g/mol. The van der Waals surface area contributed by atoms with Gasteiger partial charge in [-0.15, -0.1) is 0 Å². The molecular formula is C11H24N2O. The fraction of sp³-hybridized carbons (Fsp3) is 0.909. The van der Waals surface area contributed by atoms with Crippen LogP contribution in [0.1, 0.15) is 52.9 Å². The number of hydrogen-bond donors (Lipinski definition) is 1. The molecule has 0 aromatic heterocycles. The predicted molar refractivity (Wildman–Crippen MR) is 60.2 cm³/mol. The van der Waals surface area contributed by atoms with Gasteiger partial charge in [0.25, 0.3) is 0 Å². The monoisotopic (exact) mass is 200 g/mol. The summed E-state index contributed by atoms with van der Waals surface area (Å²) in [6.07, 6.45) is 5.33. The maximum absolute atomic E-state index is 11.2. The Morgan fingerprint density at radius 3 is 1.93 bits per heavy atom. The van der Waals surface area contributed by atoms with Gasteiger partial charge in [0.05, 0.1) is 0 Å². The highest BCUT2D eigenvalue weighted by Gasteiger charge is 2.18. The second kappa shape index (κ2) is 7.65. The Hall–Kier alpha value is -0.730. The minimum atomic E-state index is -0.265. The van der Waals surface area contributed by atoms with Crippen molar-refractivity contribution in [1.82, 2.24) is 4.90 Å². The number of urea groups is 1. The molecule has 0 aliphatic rings. The Morgan fingerprint density at radius 2 is 1.64 bits per heavy atom. The summed E-state index contributed by atoms with van der Waals surface area (Å²) in [7, 11) is 0. The smallest absolute Gasteiger partial charge is 0.315 e. The number of nitrogens with two attached hydrogens (primary N) is 1. The second-order valence-electron chi connectivity index (χ2n) is 3.76. The number of carbonyl (C=O) groups excluding carboxylic acids is 1. The van der Waals surface area contributed by atoms with Gasteiger partial charge in [-0.25, -0.2) is 4.79 Å². The predicted octanol–water partition coefficient (Wildman–Crippen LogP) is 2.75. The molecule has 3 heteroatoms. The van der Waals surface area contributed by atoms with E-state index in [1.165, 1.54) is 0 Å². The first-order valence-corrected chi connectivity index (χ1v) is 5.73. The number of rotatable bonds is 7. The van der Waals surface area contributed by atoms with Crippen LogP contribution in [0, 0.1) is 0 Å². The topological polar surface area (TPSA) is 46.3 Å². The zero-order valence-electron chi connectivity index (χ0n) is 9.75. The van der Waals surface area contributed by atoms with Crippen LogP contribution in [0.2, 0.25) is 0 Å². The van der Waals surface area contributed by atoms with Crippen LogP contribution in [-0.2, 0) is 0 Å². The third-order valence-corrected chi connectivity index (χ3v) is 2.43. The Balaban J connectivity index is 4.29. The van der Waals surface area contributed by atoms with E-state index in [2.05, 4.69) is 20.8 Å². The van der Waals surface area contributed by atoms with E-state index < -0.39 is 0 Å². The van der Waals surface area contributed by atoms with Gasteiger partial charge < -0.3 is 10.6 Å². The summed E-state index contributed by atoms with van der Waals surface area (Å²) in [6.45, 7) is 7.16. The molecule has 0 aliphatic carbocycles. The maximum Gasteiger partial charge on any atom is 0.315 e. The Kier molecular flexibility index (Phi) is 7.25.